The van der Waals surface area contributed by atoms with E-state index in [2.05, 4.69) is 25.6 Å². The van der Waals surface area contributed by atoms with Crippen LogP contribution in [-0.2, 0) is 12.6 Å². The molecule has 0 saturated heterocycles. The van der Waals surface area contributed by atoms with Gasteiger partial charge in [-0.3, -0.25) is 14.7 Å². The van der Waals surface area contributed by atoms with E-state index in [1.807, 2.05) is 12.1 Å². The van der Waals surface area contributed by atoms with E-state index in [1.54, 1.807) is 31.3 Å². The Morgan fingerprint density at radius 2 is 1.77 bits per heavy atom. The number of aromatic nitrogens is 3. The number of alkyl halides is 3. The van der Waals surface area contributed by atoms with Gasteiger partial charge >= 0.3 is 12.2 Å². The molecule has 0 saturated carbocycles. The van der Waals surface area contributed by atoms with Crippen LogP contribution < -0.4 is 21.3 Å². The van der Waals surface area contributed by atoms with Crippen molar-refractivity contribution >= 4 is 34.9 Å². The van der Waals surface area contributed by atoms with Crippen molar-refractivity contribution in [3.63, 3.8) is 0 Å². The van der Waals surface area contributed by atoms with E-state index in [0.29, 0.717) is 17.7 Å². The molecule has 2 aromatic heterocycles. The zero-order valence-electron chi connectivity index (χ0n) is 20.7. The van der Waals surface area contributed by atoms with Gasteiger partial charge in [-0.1, -0.05) is 18.2 Å². The number of halogens is 3. The number of nitrogen functional groups attached to an aromatic ring is 1. The number of nitrogens with one attached hydrogen (secondary N) is 2. The summed E-state index contributed by atoms with van der Waals surface area (Å²) >= 11 is 0. The van der Waals surface area contributed by atoms with E-state index in [0.717, 1.165) is 23.9 Å². The van der Waals surface area contributed by atoms with E-state index in [-0.39, 0.29) is 29.4 Å². The van der Waals surface area contributed by atoms with Gasteiger partial charge in [0, 0.05) is 47.9 Å². The van der Waals surface area contributed by atoms with Gasteiger partial charge in [0.2, 0.25) is 0 Å². The van der Waals surface area contributed by atoms with Crippen LogP contribution in [0.2, 0.25) is 0 Å². The fourth-order valence-electron chi connectivity index (χ4n) is 3.66. The quantitative estimate of drug-likeness (QED) is 0.294. The van der Waals surface area contributed by atoms with Crippen LogP contribution in [0.15, 0.2) is 79.3 Å². The molecule has 3 amide bonds. The summed E-state index contributed by atoms with van der Waals surface area (Å²) in [6.07, 6.45) is -1.23. The molecule has 0 aliphatic carbocycles. The number of anilines is 4. The topological polar surface area (TPSA) is 126 Å². The van der Waals surface area contributed by atoms with Crippen molar-refractivity contribution in [2.75, 3.05) is 27.8 Å². The fraction of sp³-hybridized carbons (Fsp3) is 0.148. The lowest BCUT2D eigenvalue weighted by Gasteiger charge is -2.23. The number of hydrogen-bond donors (Lipinski definition) is 3. The molecule has 2 aromatic carbocycles. The van der Waals surface area contributed by atoms with Gasteiger partial charge in [0.1, 0.15) is 18.0 Å². The van der Waals surface area contributed by atoms with Crippen LogP contribution in [0.3, 0.4) is 0 Å². The molecule has 0 spiro atoms. The first-order valence-corrected chi connectivity index (χ1v) is 11.8. The highest BCUT2D eigenvalue weighted by Crippen LogP contribution is 2.30. The van der Waals surface area contributed by atoms with Gasteiger partial charge in [-0.2, -0.15) is 13.2 Å². The van der Waals surface area contributed by atoms with Gasteiger partial charge < -0.3 is 16.4 Å². The Kier molecular flexibility index (Phi) is 8.04. The molecular weight excluding hydrogens is 511 g/mol. The van der Waals surface area contributed by atoms with Crippen LogP contribution >= 0.6 is 0 Å². The predicted molar refractivity (Wildman–Crippen MR) is 141 cm³/mol. The minimum absolute atomic E-state index is 0.155. The number of aryl methyl sites for hydroxylation is 1. The summed E-state index contributed by atoms with van der Waals surface area (Å²) in [5.74, 6) is -0.260. The van der Waals surface area contributed by atoms with Gasteiger partial charge in [0.25, 0.3) is 5.91 Å². The minimum Gasteiger partial charge on any atom is -0.384 e. The molecule has 39 heavy (non-hydrogen) atoms. The molecule has 4 N–H and O–H groups in total. The number of rotatable bonds is 7. The number of nitrogens with zero attached hydrogens (tertiary/aromatic N) is 4. The first-order chi connectivity index (χ1) is 18.6. The Hall–Kier alpha value is -5.00. The molecule has 200 valence electrons. The second kappa shape index (κ2) is 11.6. The number of benzene rings is 2. The summed E-state index contributed by atoms with van der Waals surface area (Å²) < 4.78 is 39.1. The van der Waals surface area contributed by atoms with Gasteiger partial charge in [-0.25, -0.2) is 14.8 Å². The summed E-state index contributed by atoms with van der Waals surface area (Å²) in [5.41, 5.74) is 6.84. The molecule has 0 radical (unpaired) electrons. The third-order valence-electron chi connectivity index (χ3n) is 5.70. The van der Waals surface area contributed by atoms with E-state index >= 15 is 0 Å². The lowest BCUT2D eigenvalue weighted by atomic mass is 10.1. The number of pyridine rings is 1. The lowest BCUT2D eigenvalue weighted by Crippen LogP contribution is -2.37. The molecule has 9 nitrogen and oxygen atoms in total. The van der Waals surface area contributed by atoms with Gasteiger partial charge in [0.15, 0.2) is 0 Å². The Labute approximate surface area is 221 Å². The number of urea groups is 1. The number of amides is 3. The van der Waals surface area contributed by atoms with Crippen LogP contribution in [0, 0.1) is 6.92 Å². The molecule has 4 aromatic rings. The van der Waals surface area contributed by atoms with Gasteiger partial charge in [0.05, 0.1) is 5.56 Å². The molecular formula is C27H24F3N7O2. The third-order valence-corrected chi connectivity index (χ3v) is 5.70. The van der Waals surface area contributed by atoms with Crippen molar-refractivity contribution in [3.05, 3.63) is 102 Å². The maximum atomic E-state index is 13.4. The highest BCUT2D eigenvalue weighted by molar-refractivity contribution is 6.05. The standard InChI is InChI=1S/C27H24F3N7O2/c1-17-8-9-21(35-25(38)18-5-4-6-19(13-18)27(28,29)30)14-22(17)36-26(39)37(24-15-23(31)33-16-34-24)12-10-20-7-2-3-11-32-20/h2-9,11,13-16H,10,12H2,1H3,(H,35,38)(H,36,39)(H2,31,33,34). The second-order valence-electron chi connectivity index (χ2n) is 8.52. The minimum atomic E-state index is -4.58. The molecule has 0 aliphatic rings. The lowest BCUT2D eigenvalue weighted by molar-refractivity contribution is -0.137. The second-order valence-corrected chi connectivity index (χ2v) is 8.52. The van der Waals surface area contributed by atoms with Crippen molar-refractivity contribution in [1.82, 2.24) is 15.0 Å². The van der Waals surface area contributed by atoms with Crippen molar-refractivity contribution in [1.29, 1.82) is 0 Å². The molecule has 0 bridgehead atoms. The smallest absolute Gasteiger partial charge is 0.384 e. The van der Waals surface area contributed by atoms with Crippen molar-refractivity contribution < 1.29 is 22.8 Å². The maximum absolute atomic E-state index is 13.4. The van der Waals surface area contributed by atoms with E-state index < -0.39 is 23.7 Å². The summed E-state index contributed by atoms with van der Waals surface area (Å²) in [6.45, 7) is 1.99. The SMILES string of the molecule is Cc1ccc(NC(=O)c2cccc(C(F)(F)F)c2)cc1NC(=O)N(CCc1ccccn1)c1cc(N)ncn1. The molecule has 12 heteroatoms. The molecule has 0 atom stereocenters. The van der Waals surface area contributed by atoms with Crippen LogP contribution in [-0.4, -0.2) is 33.4 Å². The zero-order valence-corrected chi connectivity index (χ0v) is 20.7. The van der Waals surface area contributed by atoms with E-state index in [4.69, 9.17) is 5.73 Å². The Bertz CT molecular complexity index is 1480. The highest BCUT2D eigenvalue weighted by Gasteiger charge is 2.31. The molecule has 2 heterocycles. The number of carbonyl (C=O) groups excluding carboxylic acids is 2. The Morgan fingerprint density at radius 3 is 2.49 bits per heavy atom. The summed E-state index contributed by atoms with van der Waals surface area (Å²) in [5, 5.41) is 5.39. The maximum Gasteiger partial charge on any atom is 0.416 e. The largest absolute Gasteiger partial charge is 0.416 e. The van der Waals surface area contributed by atoms with E-state index in [1.165, 1.54) is 29.4 Å². The van der Waals surface area contributed by atoms with Crippen LogP contribution in [0.5, 0.6) is 0 Å². The summed E-state index contributed by atoms with van der Waals surface area (Å²) in [7, 11) is 0. The predicted octanol–water partition coefficient (Wildman–Crippen LogP) is 5.31. The van der Waals surface area contributed by atoms with Gasteiger partial charge in [-0.05, 0) is 55.0 Å². The number of carbonyl (C=O) groups is 2. The van der Waals surface area contributed by atoms with Crippen LogP contribution in [0.25, 0.3) is 0 Å². The first-order valence-electron chi connectivity index (χ1n) is 11.8. The fourth-order valence-corrected chi connectivity index (χ4v) is 3.66. The summed E-state index contributed by atoms with van der Waals surface area (Å²) in [4.78, 5) is 39.8. The molecule has 0 aliphatic heterocycles. The number of hydrogen-bond acceptors (Lipinski definition) is 6. The van der Waals surface area contributed by atoms with E-state index in [9.17, 15) is 22.8 Å². The monoisotopic (exact) mass is 535 g/mol. The Balaban J connectivity index is 1.53. The number of nitrogens with two attached hydrogens (primary N) is 1. The van der Waals surface area contributed by atoms with Crippen molar-refractivity contribution in [2.45, 2.75) is 19.5 Å². The molecule has 0 fully saturated rings. The van der Waals surface area contributed by atoms with Crippen LogP contribution in [0.4, 0.5) is 41.0 Å². The normalized spacial score (nSPS) is 11.1. The average Bonchev–Trinajstić information content (AvgIpc) is 2.91. The van der Waals surface area contributed by atoms with Crippen molar-refractivity contribution in [2.24, 2.45) is 0 Å². The highest BCUT2D eigenvalue weighted by atomic mass is 19.4. The van der Waals surface area contributed by atoms with Crippen LogP contribution in [0.1, 0.15) is 27.2 Å². The first kappa shape index (κ1) is 27.0. The van der Waals surface area contributed by atoms with Gasteiger partial charge in [-0.15, -0.1) is 0 Å². The average molecular weight is 536 g/mol. The third kappa shape index (κ3) is 7.06. The summed E-state index contributed by atoms with van der Waals surface area (Å²) in [6, 6.07) is 15.3. The molecule has 0 unspecified atom stereocenters. The Morgan fingerprint density at radius 1 is 0.949 bits per heavy atom. The zero-order chi connectivity index (χ0) is 28.0. The molecule has 4 rings (SSSR count). The van der Waals surface area contributed by atoms with Crippen molar-refractivity contribution in [3.8, 4) is 0 Å².